The van der Waals surface area contributed by atoms with Gasteiger partial charge in [-0.3, -0.25) is 4.79 Å². The summed E-state index contributed by atoms with van der Waals surface area (Å²) >= 11 is 0. The number of hydrogen-bond donors (Lipinski definition) is 0. The van der Waals surface area contributed by atoms with E-state index in [9.17, 15) is 4.79 Å². The highest BCUT2D eigenvalue weighted by Crippen LogP contribution is 2.34. The maximum atomic E-state index is 13.0. The Morgan fingerprint density at radius 3 is 2.61 bits per heavy atom. The summed E-state index contributed by atoms with van der Waals surface area (Å²) in [6.45, 7) is 3.21. The molecule has 2 aliphatic rings. The Morgan fingerprint density at radius 2 is 1.82 bits per heavy atom. The maximum Gasteiger partial charge on any atom is 0.226 e. The largest absolute Gasteiger partial charge is 0.312 e. The first-order chi connectivity index (χ1) is 13.7. The second-order valence-corrected chi connectivity index (χ2v) is 8.45. The third-order valence-electron chi connectivity index (χ3n) is 6.42. The van der Waals surface area contributed by atoms with E-state index in [1.165, 1.54) is 48.3 Å². The molecule has 0 bridgehead atoms. The first-order valence-corrected chi connectivity index (χ1v) is 10.9. The summed E-state index contributed by atoms with van der Waals surface area (Å²) in [5, 5.41) is 0. The number of piperidine rings is 1. The Labute approximate surface area is 169 Å². The van der Waals surface area contributed by atoms with E-state index in [-0.39, 0.29) is 5.91 Å². The van der Waals surface area contributed by atoms with E-state index in [4.69, 9.17) is 0 Å². The van der Waals surface area contributed by atoms with Gasteiger partial charge in [0.2, 0.25) is 5.91 Å². The Bertz CT molecular complexity index is 793. The summed E-state index contributed by atoms with van der Waals surface area (Å²) in [5.41, 5.74) is 5.28. The van der Waals surface area contributed by atoms with E-state index < -0.39 is 0 Å². The molecule has 148 valence electrons. The molecule has 2 aromatic rings. The number of amides is 1. The SMILES string of the molecule is CN1CCC(c2ccc3c(c2)N(C(=O)CCCc2ccccc2)CCC3)CC1. The highest BCUT2D eigenvalue weighted by atomic mass is 16.2. The van der Waals surface area contributed by atoms with Crippen LogP contribution in [0.15, 0.2) is 48.5 Å². The van der Waals surface area contributed by atoms with Crippen molar-refractivity contribution in [1.82, 2.24) is 4.90 Å². The van der Waals surface area contributed by atoms with Gasteiger partial charge in [0.1, 0.15) is 0 Å². The molecule has 3 heteroatoms. The fourth-order valence-corrected chi connectivity index (χ4v) is 4.67. The minimum absolute atomic E-state index is 0.289. The lowest BCUT2D eigenvalue weighted by Gasteiger charge is -2.33. The van der Waals surface area contributed by atoms with Crippen molar-refractivity contribution >= 4 is 11.6 Å². The number of likely N-dealkylation sites (tertiary alicyclic amines) is 1. The van der Waals surface area contributed by atoms with Crippen LogP contribution in [0.25, 0.3) is 0 Å². The molecule has 1 amide bonds. The van der Waals surface area contributed by atoms with Crippen LogP contribution < -0.4 is 4.90 Å². The Balaban J connectivity index is 1.43. The van der Waals surface area contributed by atoms with Crippen molar-refractivity contribution in [3.05, 3.63) is 65.2 Å². The number of nitrogens with zero attached hydrogens (tertiary/aromatic N) is 2. The zero-order valence-corrected chi connectivity index (χ0v) is 17.1. The van der Waals surface area contributed by atoms with Crippen molar-refractivity contribution in [2.75, 3.05) is 31.6 Å². The molecule has 0 saturated carbocycles. The van der Waals surface area contributed by atoms with Crippen LogP contribution >= 0.6 is 0 Å². The summed E-state index contributed by atoms with van der Waals surface area (Å²) in [7, 11) is 2.21. The summed E-state index contributed by atoms with van der Waals surface area (Å²) in [4.78, 5) is 17.5. The minimum Gasteiger partial charge on any atom is -0.312 e. The zero-order chi connectivity index (χ0) is 19.3. The molecule has 28 heavy (non-hydrogen) atoms. The van der Waals surface area contributed by atoms with Gasteiger partial charge in [0.15, 0.2) is 0 Å². The summed E-state index contributed by atoms with van der Waals surface area (Å²) < 4.78 is 0. The summed E-state index contributed by atoms with van der Waals surface area (Å²) in [6, 6.07) is 17.4. The molecule has 1 saturated heterocycles. The summed E-state index contributed by atoms with van der Waals surface area (Å²) in [6.07, 6.45) is 7.14. The van der Waals surface area contributed by atoms with Crippen LogP contribution in [0.5, 0.6) is 0 Å². The van der Waals surface area contributed by atoms with Crippen LogP contribution in [0.3, 0.4) is 0 Å². The van der Waals surface area contributed by atoms with Gasteiger partial charge in [-0.1, -0.05) is 42.5 Å². The van der Waals surface area contributed by atoms with Crippen molar-refractivity contribution < 1.29 is 4.79 Å². The monoisotopic (exact) mass is 376 g/mol. The average molecular weight is 377 g/mol. The van der Waals surface area contributed by atoms with E-state index >= 15 is 0 Å². The van der Waals surface area contributed by atoms with Crippen molar-refractivity contribution in [3.63, 3.8) is 0 Å². The molecule has 0 radical (unpaired) electrons. The number of rotatable bonds is 5. The van der Waals surface area contributed by atoms with Crippen LogP contribution in [-0.4, -0.2) is 37.5 Å². The number of carbonyl (C=O) groups is 1. The molecule has 2 heterocycles. The molecular weight excluding hydrogens is 344 g/mol. The van der Waals surface area contributed by atoms with Gasteiger partial charge in [0, 0.05) is 18.7 Å². The standard InChI is InChI=1S/C25H32N2O/c1-26-17-14-21(15-18-26)23-13-12-22-10-6-16-27(24(22)19-23)25(28)11-5-9-20-7-3-2-4-8-20/h2-4,7-8,12-13,19,21H,5-6,9-11,14-18H2,1H3. The molecule has 0 N–H and O–H groups in total. The molecular formula is C25H32N2O. The fraction of sp³-hybridized carbons (Fsp3) is 0.480. The first-order valence-electron chi connectivity index (χ1n) is 10.9. The lowest BCUT2D eigenvalue weighted by Crippen LogP contribution is -2.35. The van der Waals surface area contributed by atoms with Gasteiger partial charge in [-0.25, -0.2) is 0 Å². The number of carbonyl (C=O) groups excluding carboxylic acids is 1. The molecule has 3 nitrogen and oxygen atoms in total. The molecule has 1 fully saturated rings. The van der Waals surface area contributed by atoms with Gasteiger partial charge >= 0.3 is 0 Å². The van der Waals surface area contributed by atoms with Crippen LogP contribution in [-0.2, 0) is 17.6 Å². The smallest absolute Gasteiger partial charge is 0.226 e. The number of hydrogen-bond acceptors (Lipinski definition) is 2. The minimum atomic E-state index is 0.289. The lowest BCUT2D eigenvalue weighted by atomic mass is 9.87. The zero-order valence-electron chi connectivity index (χ0n) is 17.1. The third-order valence-corrected chi connectivity index (χ3v) is 6.42. The Kier molecular flexibility index (Phi) is 6.11. The van der Waals surface area contributed by atoms with Crippen molar-refractivity contribution in [2.24, 2.45) is 0 Å². The molecule has 0 aromatic heterocycles. The molecule has 0 spiro atoms. The third kappa shape index (κ3) is 4.47. The number of fused-ring (bicyclic) bond motifs is 1. The van der Waals surface area contributed by atoms with Crippen LogP contribution in [0, 0.1) is 0 Å². The maximum absolute atomic E-state index is 13.0. The van der Waals surface area contributed by atoms with Gasteiger partial charge in [-0.05, 0) is 87.3 Å². The number of benzene rings is 2. The molecule has 4 rings (SSSR count). The topological polar surface area (TPSA) is 23.6 Å². The van der Waals surface area contributed by atoms with Gasteiger partial charge in [-0.15, -0.1) is 0 Å². The van der Waals surface area contributed by atoms with E-state index in [0.29, 0.717) is 12.3 Å². The second kappa shape index (κ2) is 8.91. The van der Waals surface area contributed by atoms with Crippen molar-refractivity contribution in [3.8, 4) is 0 Å². The van der Waals surface area contributed by atoms with Gasteiger partial charge in [0.25, 0.3) is 0 Å². The lowest BCUT2D eigenvalue weighted by molar-refractivity contribution is -0.118. The average Bonchev–Trinajstić information content (AvgIpc) is 2.74. The Morgan fingerprint density at radius 1 is 1.04 bits per heavy atom. The van der Waals surface area contributed by atoms with Crippen LogP contribution in [0.1, 0.15) is 54.7 Å². The van der Waals surface area contributed by atoms with Crippen molar-refractivity contribution in [1.29, 1.82) is 0 Å². The Hall–Kier alpha value is -2.13. The molecule has 0 unspecified atom stereocenters. The molecule has 2 aliphatic heterocycles. The number of aryl methyl sites for hydroxylation is 2. The first kappa shape index (κ1) is 19.2. The van der Waals surface area contributed by atoms with Crippen LogP contribution in [0.2, 0.25) is 0 Å². The van der Waals surface area contributed by atoms with Crippen LogP contribution in [0.4, 0.5) is 5.69 Å². The van der Waals surface area contributed by atoms with E-state index in [1.807, 2.05) is 6.07 Å². The van der Waals surface area contributed by atoms with Crippen molar-refractivity contribution in [2.45, 2.75) is 50.9 Å². The fourth-order valence-electron chi connectivity index (χ4n) is 4.67. The highest BCUT2D eigenvalue weighted by molar-refractivity contribution is 5.94. The van der Waals surface area contributed by atoms with E-state index in [0.717, 1.165) is 32.2 Å². The molecule has 2 aromatic carbocycles. The second-order valence-electron chi connectivity index (χ2n) is 8.45. The van der Waals surface area contributed by atoms with Gasteiger partial charge in [-0.2, -0.15) is 0 Å². The summed E-state index contributed by atoms with van der Waals surface area (Å²) in [5.74, 6) is 0.927. The van der Waals surface area contributed by atoms with E-state index in [2.05, 4.69) is 59.3 Å². The van der Waals surface area contributed by atoms with Gasteiger partial charge < -0.3 is 9.80 Å². The quantitative estimate of drug-likeness (QED) is 0.748. The predicted octanol–water partition coefficient (Wildman–Crippen LogP) is 4.80. The predicted molar refractivity (Wildman–Crippen MR) is 116 cm³/mol. The van der Waals surface area contributed by atoms with E-state index in [1.54, 1.807) is 0 Å². The molecule has 0 atom stereocenters. The highest BCUT2D eigenvalue weighted by Gasteiger charge is 2.25. The molecule has 0 aliphatic carbocycles. The normalized spacial score (nSPS) is 18.1. The van der Waals surface area contributed by atoms with Gasteiger partial charge in [0.05, 0.1) is 0 Å². The number of anilines is 1.